The molecule has 1 aliphatic carbocycles. The van der Waals surface area contributed by atoms with E-state index in [1.165, 1.54) is 10.8 Å². The van der Waals surface area contributed by atoms with Crippen molar-refractivity contribution in [2.75, 3.05) is 0 Å². The molecule has 1 fully saturated rings. The van der Waals surface area contributed by atoms with Gasteiger partial charge in [0, 0.05) is 6.07 Å². The zero-order chi connectivity index (χ0) is 12.4. The second-order valence-corrected chi connectivity index (χ2v) is 4.97. The van der Waals surface area contributed by atoms with Gasteiger partial charge in [0.1, 0.15) is 5.75 Å². The van der Waals surface area contributed by atoms with Gasteiger partial charge in [-0.2, -0.15) is 0 Å². The van der Waals surface area contributed by atoms with E-state index in [1.54, 1.807) is 0 Å². The van der Waals surface area contributed by atoms with E-state index in [-0.39, 0.29) is 12.2 Å². The lowest BCUT2D eigenvalue weighted by Crippen LogP contribution is -2.26. The first-order chi connectivity index (χ1) is 8.81. The molecule has 1 saturated carbocycles. The smallest absolute Gasteiger partial charge is 0.128 e. The molecule has 0 amide bonds. The highest BCUT2D eigenvalue weighted by atomic mass is 16.5. The maximum atomic E-state index is 9.47. The van der Waals surface area contributed by atoms with Crippen LogP contribution in [-0.4, -0.2) is 17.3 Å². The summed E-state index contributed by atoms with van der Waals surface area (Å²) in [6.07, 6.45) is 3.65. The molecule has 2 heteroatoms. The first-order valence-electron chi connectivity index (χ1n) is 6.56. The second kappa shape index (κ2) is 4.99. The lowest BCUT2D eigenvalue weighted by atomic mass is 9.95. The Kier molecular flexibility index (Phi) is 3.20. The number of aliphatic hydroxyl groups excluding tert-OH is 1. The third kappa shape index (κ3) is 2.49. The van der Waals surface area contributed by atoms with Gasteiger partial charge in [-0.15, -0.1) is 0 Å². The monoisotopic (exact) mass is 241 g/mol. The number of ether oxygens (including phenoxy) is 1. The minimum absolute atomic E-state index is 0.134. The van der Waals surface area contributed by atoms with Crippen LogP contribution in [0.15, 0.2) is 36.4 Å². The van der Waals surface area contributed by atoms with Crippen LogP contribution in [0.2, 0.25) is 0 Å². The van der Waals surface area contributed by atoms with Gasteiger partial charge in [-0.1, -0.05) is 24.3 Å². The molecule has 0 atom stereocenters. The Labute approximate surface area is 107 Å². The van der Waals surface area contributed by atoms with Crippen molar-refractivity contribution in [3.05, 3.63) is 42.5 Å². The number of aliphatic hydroxyl groups is 1. The molecule has 2 nitrogen and oxygen atoms in total. The van der Waals surface area contributed by atoms with Crippen LogP contribution < -0.4 is 4.74 Å². The zero-order valence-electron chi connectivity index (χ0n) is 10.3. The van der Waals surface area contributed by atoms with Crippen molar-refractivity contribution in [1.29, 1.82) is 0 Å². The third-order valence-corrected chi connectivity index (χ3v) is 3.59. The first-order valence-corrected chi connectivity index (χ1v) is 6.56. The summed E-state index contributed by atoms with van der Waals surface area (Å²) in [4.78, 5) is 0. The Bertz CT molecular complexity index is 527. The summed E-state index contributed by atoms with van der Waals surface area (Å²) in [6, 6.07) is 15.4. The summed E-state index contributed by atoms with van der Waals surface area (Å²) in [5.74, 6) is 0.815. The van der Waals surface area contributed by atoms with Crippen LogP contribution in [0, 0.1) is 6.07 Å². The number of fused-ring (bicyclic) bond motifs is 1. The molecular formula is C16H17O2. The molecule has 1 N–H and O–H groups in total. The lowest BCUT2D eigenvalue weighted by Gasteiger charge is -2.26. The van der Waals surface area contributed by atoms with E-state index in [0.717, 1.165) is 31.4 Å². The standard InChI is InChI=1S/C16H17O2/c17-14-6-9-15(10-7-14)18-16-8-5-12-3-1-2-4-13(12)11-16/h1-5,11,14-15,17H,6-7,9-10H2. The lowest BCUT2D eigenvalue weighted by molar-refractivity contribution is 0.0665. The highest BCUT2D eigenvalue weighted by Gasteiger charge is 2.20. The van der Waals surface area contributed by atoms with E-state index in [4.69, 9.17) is 4.74 Å². The van der Waals surface area contributed by atoms with E-state index in [2.05, 4.69) is 18.2 Å². The average Bonchev–Trinajstić information content (AvgIpc) is 2.41. The molecule has 0 aromatic heterocycles. The number of rotatable bonds is 2. The van der Waals surface area contributed by atoms with Gasteiger partial charge < -0.3 is 9.84 Å². The summed E-state index contributed by atoms with van der Waals surface area (Å²) >= 11 is 0. The third-order valence-electron chi connectivity index (χ3n) is 3.59. The molecule has 2 aromatic carbocycles. The Morgan fingerprint density at radius 1 is 1.06 bits per heavy atom. The van der Waals surface area contributed by atoms with Gasteiger partial charge in [0.15, 0.2) is 0 Å². The molecule has 1 radical (unpaired) electrons. The van der Waals surface area contributed by atoms with Gasteiger partial charge in [0.05, 0.1) is 12.2 Å². The molecule has 2 aromatic rings. The van der Waals surface area contributed by atoms with Gasteiger partial charge in [-0.3, -0.25) is 0 Å². The minimum atomic E-state index is -0.134. The number of hydrogen-bond acceptors (Lipinski definition) is 2. The Morgan fingerprint density at radius 2 is 1.78 bits per heavy atom. The molecule has 0 unspecified atom stereocenters. The van der Waals surface area contributed by atoms with E-state index in [0.29, 0.717) is 0 Å². The number of hydrogen-bond donors (Lipinski definition) is 1. The Balaban J connectivity index is 1.74. The van der Waals surface area contributed by atoms with Gasteiger partial charge in [0.25, 0.3) is 0 Å². The largest absolute Gasteiger partial charge is 0.490 e. The molecule has 0 aliphatic heterocycles. The van der Waals surface area contributed by atoms with Crippen LogP contribution in [0.5, 0.6) is 5.75 Å². The quantitative estimate of drug-likeness (QED) is 0.874. The molecule has 3 rings (SSSR count). The summed E-state index contributed by atoms with van der Waals surface area (Å²) in [6.45, 7) is 0. The molecular weight excluding hydrogens is 224 g/mol. The predicted molar refractivity (Wildman–Crippen MR) is 71.7 cm³/mol. The van der Waals surface area contributed by atoms with Crippen molar-refractivity contribution in [1.82, 2.24) is 0 Å². The Morgan fingerprint density at radius 3 is 2.56 bits per heavy atom. The minimum Gasteiger partial charge on any atom is -0.490 e. The van der Waals surface area contributed by atoms with Crippen molar-refractivity contribution in [2.45, 2.75) is 37.9 Å². The van der Waals surface area contributed by atoms with Crippen molar-refractivity contribution in [3.63, 3.8) is 0 Å². The van der Waals surface area contributed by atoms with E-state index < -0.39 is 0 Å². The summed E-state index contributed by atoms with van der Waals surface area (Å²) in [7, 11) is 0. The average molecular weight is 241 g/mol. The van der Waals surface area contributed by atoms with Gasteiger partial charge >= 0.3 is 0 Å². The fourth-order valence-corrected chi connectivity index (χ4v) is 2.52. The number of benzene rings is 2. The van der Waals surface area contributed by atoms with Crippen LogP contribution in [0.25, 0.3) is 10.8 Å². The molecule has 0 bridgehead atoms. The normalized spacial score (nSPS) is 24.1. The van der Waals surface area contributed by atoms with Gasteiger partial charge in [-0.05, 0) is 48.6 Å². The van der Waals surface area contributed by atoms with Crippen LogP contribution in [0.1, 0.15) is 25.7 Å². The van der Waals surface area contributed by atoms with Crippen molar-refractivity contribution in [3.8, 4) is 5.75 Å². The second-order valence-electron chi connectivity index (χ2n) is 4.97. The van der Waals surface area contributed by atoms with Crippen LogP contribution >= 0.6 is 0 Å². The van der Waals surface area contributed by atoms with Crippen molar-refractivity contribution >= 4 is 10.8 Å². The highest BCUT2D eigenvalue weighted by Crippen LogP contribution is 2.26. The highest BCUT2D eigenvalue weighted by molar-refractivity contribution is 5.83. The SMILES string of the molecule is OC1CCC(Oc2[c]cc3ccccc3c2)CC1. The van der Waals surface area contributed by atoms with E-state index in [9.17, 15) is 5.11 Å². The van der Waals surface area contributed by atoms with Gasteiger partial charge in [-0.25, -0.2) is 0 Å². The molecule has 0 saturated heterocycles. The van der Waals surface area contributed by atoms with Crippen molar-refractivity contribution in [2.24, 2.45) is 0 Å². The van der Waals surface area contributed by atoms with Gasteiger partial charge in [0.2, 0.25) is 0 Å². The van der Waals surface area contributed by atoms with E-state index in [1.807, 2.05) is 24.3 Å². The summed E-state index contributed by atoms with van der Waals surface area (Å²) in [5.41, 5.74) is 0. The molecule has 93 valence electrons. The van der Waals surface area contributed by atoms with Crippen molar-refractivity contribution < 1.29 is 9.84 Å². The maximum Gasteiger partial charge on any atom is 0.128 e. The first kappa shape index (κ1) is 11.5. The summed E-state index contributed by atoms with van der Waals surface area (Å²) in [5, 5.41) is 11.8. The molecule has 0 heterocycles. The molecule has 0 spiro atoms. The Hall–Kier alpha value is -1.54. The van der Waals surface area contributed by atoms with E-state index >= 15 is 0 Å². The van der Waals surface area contributed by atoms with Crippen LogP contribution in [0.4, 0.5) is 0 Å². The van der Waals surface area contributed by atoms with Crippen LogP contribution in [0.3, 0.4) is 0 Å². The summed E-state index contributed by atoms with van der Waals surface area (Å²) < 4.78 is 5.95. The fourth-order valence-electron chi connectivity index (χ4n) is 2.52. The fraction of sp³-hybridized carbons (Fsp3) is 0.375. The zero-order valence-corrected chi connectivity index (χ0v) is 10.3. The topological polar surface area (TPSA) is 29.5 Å². The van der Waals surface area contributed by atoms with Crippen LogP contribution in [-0.2, 0) is 0 Å². The molecule has 18 heavy (non-hydrogen) atoms. The maximum absolute atomic E-state index is 9.47. The molecule has 1 aliphatic rings. The predicted octanol–water partition coefficient (Wildman–Crippen LogP) is 3.32.